The van der Waals surface area contributed by atoms with Gasteiger partial charge in [0.25, 0.3) is 0 Å². The second kappa shape index (κ2) is 6.85. The zero-order valence-electron chi connectivity index (χ0n) is 13.3. The van der Waals surface area contributed by atoms with Crippen LogP contribution in [0.5, 0.6) is 5.75 Å². The molecule has 0 radical (unpaired) electrons. The molecule has 1 rings (SSSR count). The van der Waals surface area contributed by atoms with Crippen molar-refractivity contribution in [2.45, 2.75) is 64.6 Å². The van der Waals surface area contributed by atoms with Crippen LogP contribution in [0.3, 0.4) is 0 Å². The SMILES string of the molecule is CC[Si](CC)(CC)CSc1c(C)cc(O)c(C)c1C. The van der Waals surface area contributed by atoms with E-state index in [2.05, 4.69) is 34.6 Å². The van der Waals surface area contributed by atoms with Gasteiger partial charge >= 0.3 is 0 Å². The van der Waals surface area contributed by atoms with Gasteiger partial charge < -0.3 is 5.11 Å². The maximum absolute atomic E-state index is 9.87. The van der Waals surface area contributed by atoms with Crippen LogP contribution in [0, 0.1) is 20.8 Å². The largest absolute Gasteiger partial charge is 0.508 e. The third-order valence-electron chi connectivity index (χ3n) is 4.77. The molecule has 0 heterocycles. The van der Waals surface area contributed by atoms with Crippen LogP contribution in [0.4, 0.5) is 0 Å². The number of hydrogen-bond donors (Lipinski definition) is 1. The fourth-order valence-corrected chi connectivity index (χ4v) is 8.95. The standard InChI is InChI=1S/C16H28OSSi/c1-7-19(8-2,9-3)11-18-16-12(4)10-15(17)13(5)14(16)6/h10,17H,7-9,11H2,1-6H3. The minimum absolute atomic E-state index is 0.435. The maximum atomic E-state index is 9.87. The van der Waals surface area contributed by atoms with Gasteiger partial charge in [0.15, 0.2) is 0 Å². The van der Waals surface area contributed by atoms with Crippen molar-refractivity contribution < 1.29 is 5.11 Å². The molecule has 0 spiro atoms. The molecule has 0 aliphatic rings. The van der Waals surface area contributed by atoms with E-state index < -0.39 is 8.07 Å². The average molecular weight is 297 g/mol. The van der Waals surface area contributed by atoms with Crippen LogP contribution in [0.1, 0.15) is 37.5 Å². The van der Waals surface area contributed by atoms with E-state index >= 15 is 0 Å². The Morgan fingerprint density at radius 3 is 2.00 bits per heavy atom. The first-order valence-electron chi connectivity index (χ1n) is 7.33. The van der Waals surface area contributed by atoms with Gasteiger partial charge in [0, 0.05) is 4.90 Å². The molecule has 1 aromatic carbocycles. The second-order valence-electron chi connectivity index (χ2n) is 5.64. The Kier molecular flexibility index (Phi) is 6.00. The third kappa shape index (κ3) is 3.57. The molecular weight excluding hydrogens is 268 g/mol. The lowest BCUT2D eigenvalue weighted by molar-refractivity contribution is 0.469. The molecule has 0 aliphatic carbocycles. The van der Waals surface area contributed by atoms with Crippen LogP contribution in [-0.4, -0.2) is 18.6 Å². The van der Waals surface area contributed by atoms with Gasteiger partial charge in [-0.05, 0) is 48.9 Å². The fourth-order valence-electron chi connectivity index (χ4n) is 2.54. The molecule has 1 N–H and O–H groups in total. The van der Waals surface area contributed by atoms with Crippen LogP contribution < -0.4 is 0 Å². The highest BCUT2D eigenvalue weighted by molar-refractivity contribution is 8.01. The predicted octanol–water partition coefficient (Wildman–Crippen LogP) is 5.46. The summed E-state index contributed by atoms with van der Waals surface area (Å²) < 4.78 is 0. The van der Waals surface area contributed by atoms with Crippen LogP contribution in [0.25, 0.3) is 0 Å². The lowest BCUT2D eigenvalue weighted by atomic mass is 10.1. The van der Waals surface area contributed by atoms with Gasteiger partial charge in [0.2, 0.25) is 0 Å². The number of hydrogen-bond acceptors (Lipinski definition) is 2. The molecule has 0 unspecified atom stereocenters. The number of phenols is 1. The number of aryl methyl sites for hydroxylation is 1. The number of rotatable bonds is 6. The van der Waals surface area contributed by atoms with Crippen molar-refractivity contribution in [3.63, 3.8) is 0 Å². The van der Waals surface area contributed by atoms with Gasteiger partial charge in [0.1, 0.15) is 5.75 Å². The molecule has 0 saturated carbocycles. The van der Waals surface area contributed by atoms with E-state index in [-0.39, 0.29) is 0 Å². The zero-order chi connectivity index (χ0) is 14.6. The van der Waals surface area contributed by atoms with Crippen LogP contribution >= 0.6 is 11.8 Å². The normalized spacial score (nSPS) is 11.9. The Morgan fingerprint density at radius 1 is 1.00 bits per heavy atom. The molecule has 3 heteroatoms. The summed E-state index contributed by atoms with van der Waals surface area (Å²) in [6, 6.07) is 6.05. The summed E-state index contributed by atoms with van der Waals surface area (Å²) in [4.78, 5) is 1.39. The Morgan fingerprint density at radius 2 is 1.53 bits per heavy atom. The van der Waals surface area contributed by atoms with E-state index in [1.807, 2.05) is 24.8 Å². The molecule has 0 fully saturated rings. The van der Waals surface area contributed by atoms with Crippen molar-refractivity contribution in [3.8, 4) is 5.75 Å². The van der Waals surface area contributed by atoms with Crippen LogP contribution in [0.2, 0.25) is 18.1 Å². The van der Waals surface area contributed by atoms with Crippen molar-refractivity contribution in [3.05, 3.63) is 22.8 Å². The highest BCUT2D eigenvalue weighted by Gasteiger charge is 2.27. The highest BCUT2D eigenvalue weighted by atomic mass is 32.2. The summed E-state index contributed by atoms with van der Waals surface area (Å²) in [5.74, 6) is 0.435. The molecular formula is C16H28OSSi. The molecule has 0 aliphatic heterocycles. The first-order chi connectivity index (χ1) is 8.90. The molecule has 0 saturated heterocycles. The van der Waals surface area contributed by atoms with Gasteiger partial charge in [-0.1, -0.05) is 38.9 Å². The maximum Gasteiger partial charge on any atom is 0.119 e. The molecule has 1 aromatic rings. The summed E-state index contributed by atoms with van der Waals surface area (Å²) >= 11 is 2.03. The monoisotopic (exact) mass is 296 g/mol. The van der Waals surface area contributed by atoms with Crippen molar-refractivity contribution in [1.82, 2.24) is 0 Å². The first kappa shape index (κ1) is 16.6. The van der Waals surface area contributed by atoms with Gasteiger partial charge in [-0.2, -0.15) is 0 Å². The Labute approximate surface area is 123 Å². The van der Waals surface area contributed by atoms with Gasteiger partial charge in [-0.25, -0.2) is 0 Å². The van der Waals surface area contributed by atoms with Crippen molar-refractivity contribution >= 4 is 19.8 Å². The second-order valence-corrected chi connectivity index (χ2v) is 12.6. The van der Waals surface area contributed by atoms with Crippen LogP contribution in [0.15, 0.2) is 11.0 Å². The molecule has 1 nitrogen and oxygen atoms in total. The van der Waals surface area contributed by atoms with E-state index in [1.165, 1.54) is 39.5 Å². The van der Waals surface area contributed by atoms with E-state index in [0.717, 1.165) is 5.56 Å². The van der Waals surface area contributed by atoms with Crippen molar-refractivity contribution in [2.75, 3.05) is 5.38 Å². The average Bonchev–Trinajstić information content (AvgIpc) is 2.41. The van der Waals surface area contributed by atoms with E-state index in [4.69, 9.17) is 0 Å². The van der Waals surface area contributed by atoms with E-state index in [9.17, 15) is 5.11 Å². The first-order valence-corrected chi connectivity index (χ1v) is 11.1. The number of phenolic OH excluding ortho intramolecular Hbond substituents is 1. The Bertz CT molecular complexity index is 431. The van der Waals surface area contributed by atoms with Gasteiger partial charge in [-0.3, -0.25) is 0 Å². The lowest BCUT2D eigenvalue weighted by Gasteiger charge is -2.28. The number of benzene rings is 1. The quantitative estimate of drug-likeness (QED) is 0.556. The number of thioether (sulfide) groups is 1. The Balaban J connectivity index is 2.98. The zero-order valence-corrected chi connectivity index (χ0v) is 15.1. The summed E-state index contributed by atoms with van der Waals surface area (Å²) in [5, 5.41) is 11.2. The summed E-state index contributed by atoms with van der Waals surface area (Å²) in [6.07, 6.45) is 0. The molecule has 0 atom stereocenters. The van der Waals surface area contributed by atoms with Gasteiger partial charge in [-0.15, -0.1) is 11.8 Å². The minimum atomic E-state index is -1.08. The minimum Gasteiger partial charge on any atom is -0.508 e. The fraction of sp³-hybridized carbons (Fsp3) is 0.625. The summed E-state index contributed by atoms with van der Waals surface area (Å²) in [6.45, 7) is 13.3. The molecule has 108 valence electrons. The van der Waals surface area contributed by atoms with E-state index in [0.29, 0.717) is 5.75 Å². The topological polar surface area (TPSA) is 20.2 Å². The van der Waals surface area contributed by atoms with Crippen molar-refractivity contribution in [1.29, 1.82) is 0 Å². The molecule has 19 heavy (non-hydrogen) atoms. The highest BCUT2D eigenvalue weighted by Crippen LogP contribution is 2.36. The molecule has 0 bridgehead atoms. The van der Waals surface area contributed by atoms with Crippen molar-refractivity contribution in [2.24, 2.45) is 0 Å². The summed E-state index contributed by atoms with van der Waals surface area (Å²) in [5.41, 5.74) is 3.51. The van der Waals surface area contributed by atoms with E-state index in [1.54, 1.807) is 0 Å². The predicted molar refractivity (Wildman–Crippen MR) is 90.2 cm³/mol. The smallest absolute Gasteiger partial charge is 0.119 e. The molecule has 0 aromatic heterocycles. The van der Waals surface area contributed by atoms with Crippen LogP contribution in [-0.2, 0) is 0 Å². The third-order valence-corrected chi connectivity index (χ3v) is 13.2. The lowest BCUT2D eigenvalue weighted by Crippen LogP contribution is -2.35. The summed E-state index contributed by atoms with van der Waals surface area (Å²) in [7, 11) is -1.08. The van der Waals surface area contributed by atoms with Gasteiger partial charge in [0.05, 0.1) is 8.07 Å². The Hall–Kier alpha value is -0.413. The molecule has 0 amide bonds. The number of aromatic hydroxyl groups is 1.